The van der Waals surface area contributed by atoms with E-state index in [4.69, 9.17) is 0 Å². The van der Waals surface area contributed by atoms with Crippen molar-refractivity contribution in [2.24, 2.45) is 0 Å². The maximum Gasteiger partial charge on any atom is 1.00 e. The molecule has 0 nitrogen and oxygen atoms in total. The molecule has 5 heteroatoms. The van der Waals surface area contributed by atoms with Gasteiger partial charge in [0.1, 0.15) is 0 Å². The molecule has 0 aliphatic carbocycles. The third-order valence-corrected chi connectivity index (χ3v) is 0. The Labute approximate surface area is 116 Å². The molecule has 0 aliphatic rings. The molecule has 0 atom stereocenters. The van der Waals surface area contributed by atoms with Gasteiger partial charge in [-0.25, -0.2) is 0 Å². The SMILES string of the molecule is [Br-].[Br-].[Br-].[Br-].[K+]. The van der Waals surface area contributed by atoms with Gasteiger partial charge in [-0.1, -0.05) is 0 Å². The van der Waals surface area contributed by atoms with Crippen LogP contribution in [0.4, 0.5) is 0 Å². The smallest absolute Gasteiger partial charge is 1.00 e. The summed E-state index contributed by atoms with van der Waals surface area (Å²) in [5.41, 5.74) is 0. The summed E-state index contributed by atoms with van der Waals surface area (Å²) >= 11 is 0. The van der Waals surface area contributed by atoms with Crippen LogP contribution in [0.5, 0.6) is 0 Å². The van der Waals surface area contributed by atoms with Crippen molar-refractivity contribution in [1.82, 2.24) is 0 Å². The summed E-state index contributed by atoms with van der Waals surface area (Å²) in [5, 5.41) is 0. The Balaban J connectivity index is 0. The first-order valence-corrected chi connectivity index (χ1v) is 0. The van der Waals surface area contributed by atoms with Crippen molar-refractivity contribution in [1.29, 1.82) is 0 Å². The van der Waals surface area contributed by atoms with E-state index >= 15 is 0 Å². The third-order valence-electron chi connectivity index (χ3n) is 0. The van der Waals surface area contributed by atoms with E-state index in [0.717, 1.165) is 0 Å². The molecule has 0 bridgehead atoms. The molecule has 32 valence electrons. The van der Waals surface area contributed by atoms with Gasteiger partial charge in [0, 0.05) is 0 Å². The summed E-state index contributed by atoms with van der Waals surface area (Å²) in [6.45, 7) is 0. The summed E-state index contributed by atoms with van der Waals surface area (Å²) in [6, 6.07) is 0. The van der Waals surface area contributed by atoms with Crippen LogP contribution in [0, 0.1) is 0 Å². The predicted octanol–water partition coefficient (Wildman–Crippen LogP) is -15.0. The van der Waals surface area contributed by atoms with Crippen molar-refractivity contribution < 1.29 is 119 Å². The van der Waals surface area contributed by atoms with Crippen LogP contribution in [0.1, 0.15) is 0 Å². The van der Waals surface area contributed by atoms with Crippen LogP contribution in [0.2, 0.25) is 0 Å². The molecule has 5 heavy (non-hydrogen) atoms. The molecule has 0 radical (unpaired) electrons. The van der Waals surface area contributed by atoms with Crippen LogP contribution in [0.15, 0.2) is 0 Å². The monoisotopic (exact) mass is 355 g/mol. The van der Waals surface area contributed by atoms with Crippen molar-refractivity contribution in [3.8, 4) is 0 Å². The van der Waals surface area contributed by atoms with Gasteiger partial charge in [-0.15, -0.1) is 0 Å². The topological polar surface area (TPSA) is 0 Å². The Morgan fingerprint density at radius 3 is 0.400 bits per heavy atom. The second-order valence-corrected chi connectivity index (χ2v) is 0. The molecule has 0 unspecified atom stereocenters. The zero-order chi connectivity index (χ0) is 0. The molecule has 0 N–H and O–H groups in total. The van der Waals surface area contributed by atoms with E-state index in [9.17, 15) is 0 Å². The van der Waals surface area contributed by atoms with Crippen molar-refractivity contribution in [3.05, 3.63) is 0 Å². The van der Waals surface area contributed by atoms with E-state index < -0.39 is 0 Å². The minimum atomic E-state index is 0. The largest absolute Gasteiger partial charge is 1.00 e. The fourth-order valence-electron chi connectivity index (χ4n) is 0. The second-order valence-electron chi connectivity index (χ2n) is 0. The predicted molar refractivity (Wildman–Crippen MR) is 0 cm³/mol. The number of hydrogen-bond donors (Lipinski definition) is 0. The van der Waals surface area contributed by atoms with E-state index in [1.165, 1.54) is 0 Å². The van der Waals surface area contributed by atoms with Crippen LogP contribution >= 0.6 is 0 Å². The fourth-order valence-corrected chi connectivity index (χ4v) is 0. The molecular weight excluding hydrogens is 359 g/mol. The average molecular weight is 359 g/mol. The zero-order valence-corrected chi connectivity index (χ0v) is 12.0. The Morgan fingerprint density at radius 1 is 0.400 bits per heavy atom. The molecule has 0 aromatic rings. The van der Waals surface area contributed by atoms with Gasteiger partial charge in [0.2, 0.25) is 0 Å². The van der Waals surface area contributed by atoms with Gasteiger partial charge in [-0.05, 0) is 0 Å². The number of halogens is 4. The van der Waals surface area contributed by atoms with E-state index in [1.54, 1.807) is 0 Å². The van der Waals surface area contributed by atoms with E-state index in [0.29, 0.717) is 0 Å². The second kappa shape index (κ2) is 25.7. The fraction of sp³-hybridized carbons (Fsp3) is 0. The minimum absolute atomic E-state index is 0. The molecule has 0 saturated carbocycles. The Bertz CT molecular complexity index is 3.61. The number of hydrogen-bond acceptors (Lipinski definition) is 0. The third kappa shape index (κ3) is 18.4. The molecule has 0 heterocycles. The van der Waals surface area contributed by atoms with E-state index in [-0.39, 0.29) is 119 Å². The van der Waals surface area contributed by atoms with Crippen LogP contribution in [-0.2, 0) is 0 Å². The first kappa shape index (κ1) is 38.6. The first-order chi connectivity index (χ1) is 0. The minimum Gasteiger partial charge on any atom is -1.00 e. The molecule has 0 aromatic carbocycles. The van der Waals surface area contributed by atoms with Gasteiger partial charge < -0.3 is 67.9 Å². The molecule has 0 fully saturated rings. The van der Waals surface area contributed by atoms with Gasteiger partial charge in [-0.2, -0.15) is 0 Å². The van der Waals surface area contributed by atoms with Gasteiger partial charge in [0.25, 0.3) is 0 Å². The Morgan fingerprint density at radius 2 is 0.400 bits per heavy atom. The summed E-state index contributed by atoms with van der Waals surface area (Å²) < 4.78 is 0. The standard InChI is InChI=1S/4BrH.K/h4*1H;/q;;;;+1/p-4. The first-order valence-electron chi connectivity index (χ1n) is 0. The zero-order valence-electron chi connectivity index (χ0n) is 2.51. The summed E-state index contributed by atoms with van der Waals surface area (Å²) in [4.78, 5) is 0. The summed E-state index contributed by atoms with van der Waals surface area (Å²) in [6.07, 6.45) is 0. The van der Waals surface area contributed by atoms with Gasteiger partial charge >= 0.3 is 51.4 Å². The van der Waals surface area contributed by atoms with Crippen molar-refractivity contribution >= 4 is 0 Å². The van der Waals surface area contributed by atoms with Crippen LogP contribution in [-0.4, -0.2) is 0 Å². The maximum absolute atomic E-state index is 0. The normalized spacial score (nSPS) is 0. The van der Waals surface area contributed by atoms with Crippen molar-refractivity contribution in [2.45, 2.75) is 0 Å². The summed E-state index contributed by atoms with van der Waals surface area (Å²) in [5.74, 6) is 0. The molecule has 0 rings (SSSR count). The molecule has 0 aromatic heterocycles. The summed E-state index contributed by atoms with van der Waals surface area (Å²) in [7, 11) is 0. The molecule has 0 spiro atoms. The molecule has 0 aliphatic heterocycles. The average Bonchev–Trinajstić information content (AvgIpc) is 0. The van der Waals surface area contributed by atoms with Crippen LogP contribution in [0.25, 0.3) is 0 Å². The quantitative estimate of drug-likeness (QED) is 0.377. The van der Waals surface area contributed by atoms with Gasteiger partial charge in [0.15, 0.2) is 0 Å². The maximum atomic E-state index is 0. The molecular formula is Br4K-3. The molecule has 0 amide bonds. The van der Waals surface area contributed by atoms with Crippen LogP contribution < -0.4 is 119 Å². The Hall–Kier alpha value is 3.56. The van der Waals surface area contributed by atoms with Gasteiger partial charge in [0.05, 0.1) is 0 Å². The van der Waals surface area contributed by atoms with Crippen molar-refractivity contribution in [3.63, 3.8) is 0 Å². The Kier molecular flexibility index (Phi) is 198. The van der Waals surface area contributed by atoms with Gasteiger partial charge in [-0.3, -0.25) is 0 Å². The molecule has 0 saturated heterocycles. The van der Waals surface area contributed by atoms with Crippen LogP contribution in [0.3, 0.4) is 0 Å². The van der Waals surface area contributed by atoms with E-state index in [1.807, 2.05) is 0 Å². The van der Waals surface area contributed by atoms with Crippen molar-refractivity contribution in [2.75, 3.05) is 0 Å². The number of rotatable bonds is 0. The van der Waals surface area contributed by atoms with E-state index in [2.05, 4.69) is 0 Å².